The maximum atomic E-state index is 6.16. The van der Waals surface area contributed by atoms with Crippen molar-refractivity contribution in [1.29, 1.82) is 0 Å². The first-order chi connectivity index (χ1) is 8.58. The predicted octanol–water partition coefficient (Wildman–Crippen LogP) is 5.32. The zero-order valence-corrected chi connectivity index (χ0v) is 12.7. The molecule has 1 heterocycles. The predicted molar refractivity (Wildman–Crippen MR) is 80.4 cm³/mol. The van der Waals surface area contributed by atoms with Gasteiger partial charge >= 0.3 is 0 Å². The molecule has 0 saturated carbocycles. The zero-order chi connectivity index (χ0) is 13.1. The van der Waals surface area contributed by atoms with Gasteiger partial charge in [-0.25, -0.2) is 4.98 Å². The van der Waals surface area contributed by atoms with E-state index in [1.807, 2.05) is 37.3 Å². The van der Waals surface area contributed by atoms with Gasteiger partial charge < -0.3 is 5.32 Å². The highest BCUT2D eigenvalue weighted by atomic mass is 79.9. The largest absolute Gasteiger partial charge is 0.376 e. The maximum absolute atomic E-state index is 6.16. The molecule has 1 aromatic heterocycles. The third-order valence-corrected chi connectivity index (χ3v) is 3.63. The Morgan fingerprint density at radius 2 is 2.00 bits per heavy atom. The summed E-state index contributed by atoms with van der Waals surface area (Å²) in [6.45, 7) is 2.03. The van der Waals surface area contributed by atoms with E-state index in [0.717, 1.165) is 20.7 Å². The summed E-state index contributed by atoms with van der Waals surface area (Å²) in [6, 6.07) is 9.66. The highest BCUT2D eigenvalue weighted by molar-refractivity contribution is 9.10. The Balaban J connectivity index is 2.24. The zero-order valence-electron chi connectivity index (χ0n) is 9.62. The number of hydrogen-bond acceptors (Lipinski definition) is 2. The average Bonchev–Trinajstić information content (AvgIpc) is 2.34. The fraction of sp³-hybridized carbons (Fsp3) is 0.154. The molecule has 0 aliphatic heterocycles. The highest BCUT2D eigenvalue weighted by Gasteiger charge is 2.11. The molecule has 18 heavy (non-hydrogen) atoms. The maximum Gasteiger partial charge on any atom is 0.152 e. The monoisotopic (exact) mass is 344 g/mol. The summed E-state index contributed by atoms with van der Waals surface area (Å²) in [7, 11) is 0. The molecule has 0 bridgehead atoms. The Bertz CT molecular complexity index is 560. The molecule has 0 amide bonds. The van der Waals surface area contributed by atoms with Gasteiger partial charge in [0.1, 0.15) is 0 Å². The fourth-order valence-corrected chi connectivity index (χ4v) is 2.45. The molecular formula is C13H11BrCl2N2. The molecule has 2 aromatic rings. The van der Waals surface area contributed by atoms with Crippen LogP contribution < -0.4 is 5.32 Å². The van der Waals surface area contributed by atoms with Crippen LogP contribution in [0.2, 0.25) is 10.2 Å². The molecule has 2 nitrogen and oxygen atoms in total. The van der Waals surface area contributed by atoms with Crippen molar-refractivity contribution in [3.05, 3.63) is 56.7 Å². The lowest BCUT2D eigenvalue weighted by atomic mass is 10.1. The Labute approximate surface area is 124 Å². The first-order valence-electron chi connectivity index (χ1n) is 5.40. The topological polar surface area (TPSA) is 24.9 Å². The van der Waals surface area contributed by atoms with Crippen molar-refractivity contribution in [3.8, 4) is 0 Å². The molecule has 1 aromatic carbocycles. The van der Waals surface area contributed by atoms with Crippen LogP contribution in [0.1, 0.15) is 18.5 Å². The van der Waals surface area contributed by atoms with Crippen LogP contribution in [0.5, 0.6) is 0 Å². The average molecular weight is 346 g/mol. The lowest BCUT2D eigenvalue weighted by Crippen LogP contribution is -2.08. The van der Waals surface area contributed by atoms with Crippen molar-refractivity contribution in [1.82, 2.24) is 4.98 Å². The molecule has 5 heteroatoms. The lowest BCUT2D eigenvalue weighted by Gasteiger charge is -2.17. The SMILES string of the molecule is CC(Nc1cc(Br)cnc1Cl)c1ccccc1Cl. The van der Waals surface area contributed by atoms with Gasteiger partial charge in [0.25, 0.3) is 0 Å². The summed E-state index contributed by atoms with van der Waals surface area (Å²) < 4.78 is 0.876. The number of rotatable bonds is 3. The highest BCUT2D eigenvalue weighted by Crippen LogP contribution is 2.29. The normalized spacial score (nSPS) is 12.2. The minimum absolute atomic E-state index is 0.0484. The summed E-state index contributed by atoms with van der Waals surface area (Å²) >= 11 is 15.6. The Kier molecular flexibility index (Phi) is 4.49. The van der Waals surface area contributed by atoms with Crippen LogP contribution >= 0.6 is 39.1 Å². The van der Waals surface area contributed by atoms with Gasteiger partial charge in [-0.2, -0.15) is 0 Å². The van der Waals surface area contributed by atoms with E-state index >= 15 is 0 Å². The van der Waals surface area contributed by atoms with Crippen LogP contribution in [-0.2, 0) is 0 Å². The molecule has 1 atom stereocenters. The van der Waals surface area contributed by atoms with E-state index in [0.29, 0.717) is 5.15 Å². The standard InChI is InChI=1S/C13H11BrCl2N2/c1-8(10-4-2-3-5-11(10)15)18-12-6-9(14)7-17-13(12)16/h2-8,18H,1H3. The van der Waals surface area contributed by atoms with Gasteiger partial charge in [-0.05, 0) is 40.5 Å². The van der Waals surface area contributed by atoms with E-state index in [-0.39, 0.29) is 6.04 Å². The quantitative estimate of drug-likeness (QED) is 0.761. The summed E-state index contributed by atoms with van der Waals surface area (Å²) in [4.78, 5) is 4.07. The number of hydrogen-bond donors (Lipinski definition) is 1. The number of halogens is 3. The summed E-state index contributed by atoms with van der Waals surface area (Å²) in [6.07, 6.45) is 1.66. The molecule has 0 aliphatic carbocycles. The van der Waals surface area contributed by atoms with E-state index in [1.54, 1.807) is 6.20 Å². The number of pyridine rings is 1. The number of aromatic nitrogens is 1. The van der Waals surface area contributed by atoms with E-state index in [1.165, 1.54) is 0 Å². The van der Waals surface area contributed by atoms with Crippen molar-refractivity contribution in [3.63, 3.8) is 0 Å². The Morgan fingerprint density at radius 3 is 2.72 bits per heavy atom. The van der Waals surface area contributed by atoms with Gasteiger partial charge in [-0.15, -0.1) is 0 Å². The van der Waals surface area contributed by atoms with Crippen LogP contribution in [-0.4, -0.2) is 4.98 Å². The third-order valence-electron chi connectivity index (χ3n) is 2.55. The molecule has 0 aliphatic rings. The summed E-state index contributed by atoms with van der Waals surface area (Å²) in [5.41, 5.74) is 1.80. The minimum atomic E-state index is 0.0484. The van der Waals surface area contributed by atoms with E-state index in [4.69, 9.17) is 23.2 Å². The first kappa shape index (κ1) is 13.7. The molecule has 1 N–H and O–H groups in total. The van der Waals surface area contributed by atoms with Crippen LogP contribution in [0.3, 0.4) is 0 Å². The van der Waals surface area contributed by atoms with Crippen molar-refractivity contribution >= 4 is 44.8 Å². The molecule has 2 rings (SSSR count). The Morgan fingerprint density at radius 1 is 1.28 bits per heavy atom. The van der Waals surface area contributed by atoms with Crippen LogP contribution in [0.4, 0.5) is 5.69 Å². The van der Waals surface area contributed by atoms with Gasteiger partial charge in [0.05, 0.1) is 11.7 Å². The van der Waals surface area contributed by atoms with Crippen LogP contribution in [0, 0.1) is 0 Å². The molecule has 0 radical (unpaired) electrons. The molecule has 0 fully saturated rings. The van der Waals surface area contributed by atoms with E-state index < -0.39 is 0 Å². The van der Waals surface area contributed by atoms with Gasteiger partial charge in [0.2, 0.25) is 0 Å². The van der Waals surface area contributed by atoms with Crippen molar-refractivity contribution in [2.75, 3.05) is 5.32 Å². The number of benzene rings is 1. The van der Waals surface area contributed by atoms with Gasteiger partial charge in [0, 0.05) is 15.7 Å². The smallest absolute Gasteiger partial charge is 0.152 e. The third kappa shape index (κ3) is 3.16. The molecule has 1 unspecified atom stereocenters. The lowest BCUT2D eigenvalue weighted by molar-refractivity contribution is 0.883. The second kappa shape index (κ2) is 5.91. The van der Waals surface area contributed by atoms with E-state index in [9.17, 15) is 0 Å². The van der Waals surface area contributed by atoms with Crippen molar-refractivity contribution in [2.45, 2.75) is 13.0 Å². The number of nitrogens with zero attached hydrogens (tertiary/aromatic N) is 1. The second-order valence-corrected chi connectivity index (χ2v) is 5.56. The number of nitrogens with one attached hydrogen (secondary N) is 1. The van der Waals surface area contributed by atoms with Crippen molar-refractivity contribution < 1.29 is 0 Å². The minimum Gasteiger partial charge on any atom is -0.376 e. The fourth-order valence-electron chi connectivity index (χ4n) is 1.66. The van der Waals surface area contributed by atoms with Gasteiger partial charge in [-0.1, -0.05) is 41.4 Å². The summed E-state index contributed by atoms with van der Waals surface area (Å²) in [5, 5.41) is 4.47. The first-order valence-corrected chi connectivity index (χ1v) is 6.95. The molecule has 94 valence electrons. The summed E-state index contributed by atoms with van der Waals surface area (Å²) in [5.74, 6) is 0. The van der Waals surface area contributed by atoms with Crippen molar-refractivity contribution in [2.24, 2.45) is 0 Å². The second-order valence-electron chi connectivity index (χ2n) is 3.88. The van der Waals surface area contributed by atoms with E-state index in [2.05, 4.69) is 26.2 Å². The number of anilines is 1. The van der Waals surface area contributed by atoms with Crippen LogP contribution in [0.25, 0.3) is 0 Å². The molecule has 0 saturated heterocycles. The van der Waals surface area contributed by atoms with Crippen LogP contribution in [0.15, 0.2) is 41.0 Å². The molecule has 0 spiro atoms. The van der Waals surface area contributed by atoms with Gasteiger partial charge in [-0.3, -0.25) is 0 Å². The molecular weight excluding hydrogens is 335 g/mol. The van der Waals surface area contributed by atoms with Gasteiger partial charge in [0.15, 0.2) is 5.15 Å². The Hall–Kier alpha value is -0.770.